The number of halogens is 3. The molecule has 0 saturated carbocycles. The molecule has 8 heteroatoms. The van der Waals surface area contributed by atoms with Crippen LogP contribution in [0, 0.1) is 11.3 Å². The molecule has 2 aromatic heterocycles. The molecule has 0 amide bonds. The van der Waals surface area contributed by atoms with Crippen LogP contribution in [0.15, 0.2) is 42.6 Å². The zero-order valence-electron chi connectivity index (χ0n) is 17.4. The van der Waals surface area contributed by atoms with Crippen LogP contribution in [-0.2, 0) is 6.54 Å². The summed E-state index contributed by atoms with van der Waals surface area (Å²) in [5.74, 6) is 0.156. The van der Waals surface area contributed by atoms with Gasteiger partial charge >= 0.3 is 6.18 Å². The summed E-state index contributed by atoms with van der Waals surface area (Å²) in [5.41, 5.74) is 3.38. The van der Waals surface area contributed by atoms with Gasteiger partial charge in [0.2, 0.25) is 5.88 Å². The van der Waals surface area contributed by atoms with E-state index in [1.807, 2.05) is 18.3 Å². The van der Waals surface area contributed by atoms with Crippen LogP contribution in [0.25, 0.3) is 22.2 Å². The predicted molar refractivity (Wildman–Crippen MR) is 114 cm³/mol. The van der Waals surface area contributed by atoms with Crippen LogP contribution in [0.2, 0.25) is 0 Å². The molecule has 1 aromatic carbocycles. The molecular formula is C23H25F3N4O. The lowest BCUT2D eigenvalue weighted by Gasteiger charge is -2.14. The number of nitrogens with one attached hydrogen (secondary N) is 1. The molecule has 5 nitrogen and oxygen atoms in total. The molecule has 0 spiro atoms. The van der Waals surface area contributed by atoms with Gasteiger partial charge in [-0.2, -0.15) is 18.4 Å². The first kappa shape index (κ1) is 22.6. The second-order valence-electron chi connectivity index (χ2n) is 7.26. The molecule has 31 heavy (non-hydrogen) atoms. The van der Waals surface area contributed by atoms with Gasteiger partial charge in [0.1, 0.15) is 0 Å². The fraction of sp³-hybridized carbons (Fsp3) is 0.391. The maximum Gasteiger partial charge on any atom is 0.392 e. The lowest BCUT2D eigenvalue weighted by Crippen LogP contribution is -2.17. The Balaban J connectivity index is 1.90. The maximum atomic E-state index is 12.6. The molecule has 164 valence electrons. The molecule has 3 rings (SSSR count). The van der Waals surface area contributed by atoms with Gasteiger partial charge in [-0.3, -0.25) is 0 Å². The van der Waals surface area contributed by atoms with Gasteiger partial charge in [-0.05, 0) is 55.8 Å². The Labute approximate surface area is 179 Å². The molecule has 0 aliphatic heterocycles. The summed E-state index contributed by atoms with van der Waals surface area (Å²) in [5, 5.41) is 12.4. The molecule has 0 bridgehead atoms. The normalized spacial score (nSPS) is 11.6. The van der Waals surface area contributed by atoms with Crippen LogP contribution < -0.4 is 10.1 Å². The molecule has 1 N–H and O–H groups in total. The summed E-state index contributed by atoms with van der Waals surface area (Å²) in [6.07, 6.45) is -1.39. The number of hydrogen-bond donors (Lipinski definition) is 1. The molecule has 2 heterocycles. The van der Waals surface area contributed by atoms with Crippen molar-refractivity contribution in [2.24, 2.45) is 0 Å². The van der Waals surface area contributed by atoms with Crippen molar-refractivity contribution in [2.45, 2.75) is 38.9 Å². The summed E-state index contributed by atoms with van der Waals surface area (Å²) in [6.45, 7) is 4.30. The number of pyridine rings is 1. The van der Waals surface area contributed by atoms with E-state index >= 15 is 0 Å². The summed E-state index contributed by atoms with van der Waals surface area (Å²) in [7, 11) is 0. The fourth-order valence-corrected chi connectivity index (χ4v) is 3.27. The van der Waals surface area contributed by atoms with Crippen molar-refractivity contribution in [2.75, 3.05) is 19.7 Å². The van der Waals surface area contributed by atoms with Gasteiger partial charge in [0.15, 0.2) is 0 Å². The third-order valence-electron chi connectivity index (χ3n) is 4.85. The Morgan fingerprint density at radius 3 is 2.61 bits per heavy atom. The summed E-state index contributed by atoms with van der Waals surface area (Å²) < 4.78 is 45.3. The van der Waals surface area contributed by atoms with Crippen LogP contribution >= 0.6 is 0 Å². The van der Waals surface area contributed by atoms with E-state index in [0.717, 1.165) is 43.6 Å². The monoisotopic (exact) mass is 430 g/mol. The fourth-order valence-electron chi connectivity index (χ4n) is 3.27. The number of nitriles is 1. The first-order valence-electron chi connectivity index (χ1n) is 10.3. The van der Waals surface area contributed by atoms with E-state index < -0.39 is 19.2 Å². The SMILES string of the molecule is CCCNCCCn1ccc2nc(OCCC(F)(F)F)c(-c3ccc(C#N)cc3)cc21. The lowest BCUT2D eigenvalue weighted by molar-refractivity contribution is -0.139. The van der Waals surface area contributed by atoms with Crippen LogP contribution in [0.3, 0.4) is 0 Å². The topological polar surface area (TPSA) is 62.9 Å². The van der Waals surface area contributed by atoms with Crippen LogP contribution in [0.1, 0.15) is 31.7 Å². The largest absolute Gasteiger partial charge is 0.477 e. The average Bonchev–Trinajstić information content (AvgIpc) is 3.14. The van der Waals surface area contributed by atoms with E-state index in [0.29, 0.717) is 16.6 Å². The van der Waals surface area contributed by atoms with Crippen LogP contribution in [0.5, 0.6) is 5.88 Å². The molecule has 0 aliphatic carbocycles. The molecular weight excluding hydrogens is 405 g/mol. The Morgan fingerprint density at radius 2 is 1.94 bits per heavy atom. The number of aryl methyl sites for hydroxylation is 1. The van der Waals surface area contributed by atoms with Crippen molar-refractivity contribution < 1.29 is 17.9 Å². The third-order valence-corrected chi connectivity index (χ3v) is 4.85. The van der Waals surface area contributed by atoms with Crippen molar-refractivity contribution in [1.29, 1.82) is 5.26 Å². The predicted octanol–water partition coefficient (Wildman–Crippen LogP) is 5.30. The van der Waals surface area contributed by atoms with Gasteiger partial charge in [-0.1, -0.05) is 19.1 Å². The van der Waals surface area contributed by atoms with Crippen molar-refractivity contribution in [1.82, 2.24) is 14.9 Å². The van der Waals surface area contributed by atoms with E-state index in [-0.39, 0.29) is 5.88 Å². The Hall–Kier alpha value is -3.05. The van der Waals surface area contributed by atoms with E-state index in [1.54, 1.807) is 24.3 Å². The first-order chi connectivity index (χ1) is 14.9. The molecule has 3 aromatic rings. The highest BCUT2D eigenvalue weighted by atomic mass is 19.4. The van der Waals surface area contributed by atoms with E-state index in [1.165, 1.54) is 0 Å². The number of benzene rings is 1. The van der Waals surface area contributed by atoms with Gasteiger partial charge in [-0.25, -0.2) is 4.98 Å². The van der Waals surface area contributed by atoms with Crippen molar-refractivity contribution in [3.8, 4) is 23.1 Å². The van der Waals surface area contributed by atoms with Gasteiger partial charge in [0.05, 0.1) is 35.7 Å². The highest BCUT2D eigenvalue weighted by molar-refractivity contribution is 5.84. The van der Waals surface area contributed by atoms with Crippen LogP contribution in [-0.4, -0.2) is 35.4 Å². The number of aromatic nitrogens is 2. The van der Waals surface area contributed by atoms with Gasteiger partial charge in [0.25, 0.3) is 0 Å². The average molecular weight is 430 g/mol. The van der Waals surface area contributed by atoms with Gasteiger partial charge in [-0.15, -0.1) is 0 Å². The number of hydrogen-bond acceptors (Lipinski definition) is 4. The molecule has 0 atom stereocenters. The number of fused-ring (bicyclic) bond motifs is 1. The zero-order chi connectivity index (χ0) is 22.3. The van der Waals surface area contributed by atoms with E-state index in [9.17, 15) is 13.2 Å². The summed E-state index contributed by atoms with van der Waals surface area (Å²) in [4.78, 5) is 4.50. The molecule has 0 fully saturated rings. The highest BCUT2D eigenvalue weighted by Crippen LogP contribution is 2.33. The maximum absolute atomic E-state index is 12.6. The second kappa shape index (κ2) is 10.3. The quantitative estimate of drug-likeness (QED) is 0.444. The molecule has 0 radical (unpaired) electrons. The first-order valence-corrected chi connectivity index (χ1v) is 10.3. The third kappa shape index (κ3) is 6.22. The Morgan fingerprint density at radius 1 is 1.16 bits per heavy atom. The Kier molecular flexibility index (Phi) is 7.53. The molecule has 0 aliphatic rings. The summed E-state index contributed by atoms with van der Waals surface area (Å²) in [6, 6.07) is 12.6. The smallest absolute Gasteiger partial charge is 0.392 e. The number of nitrogens with zero attached hydrogens (tertiary/aromatic N) is 3. The minimum Gasteiger partial charge on any atom is -0.477 e. The number of ether oxygens (including phenoxy) is 1. The summed E-state index contributed by atoms with van der Waals surface area (Å²) >= 11 is 0. The van der Waals surface area contributed by atoms with Crippen molar-refractivity contribution in [3.05, 3.63) is 48.2 Å². The Bertz CT molecular complexity index is 1040. The number of rotatable bonds is 10. The standard InChI is InChI=1S/C23H25F3N4O/c1-2-10-28-11-3-12-30-13-8-20-21(30)15-19(18-6-4-17(16-27)5-7-18)22(29-20)31-14-9-23(24,25)26/h4-8,13,15,28H,2-3,9-12,14H2,1H3. The zero-order valence-corrected chi connectivity index (χ0v) is 17.4. The lowest BCUT2D eigenvalue weighted by atomic mass is 10.0. The minimum absolute atomic E-state index is 0.156. The molecule has 0 saturated heterocycles. The van der Waals surface area contributed by atoms with Gasteiger partial charge < -0.3 is 14.6 Å². The second-order valence-corrected chi connectivity index (χ2v) is 7.26. The van der Waals surface area contributed by atoms with E-state index in [4.69, 9.17) is 10.00 Å². The van der Waals surface area contributed by atoms with Crippen LogP contribution in [0.4, 0.5) is 13.2 Å². The van der Waals surface area contributed by atoms with E-state index in [2.05, 4.69) is 27.9 Å². The number of alkyl halides is 3. The molecule has 0 unspecified atom stereocenters. The minimum atomic E-state index is -4.30. The highest BCUT2D eigenvalue weighted by Gasteiger charge is 2.27. The van der Waals surface area contributed by atoms with Gasteiger partial charge in [0, 0.05) is 18.3 Å². The van der Waals surface area contributed by atoms with Crippen molar-refractivity contribution >= 4 is 11.0 Å². The van der Waals surface area contributed by atoms with Crippen molar-refractivity contribution in [3.63, 3.8) is 0 Å².